The molecule has 0 aliphatic carbocycles. The molecule has 4 heteroatoms. The zero-order chi connectivity index (χ0) is 4.00. The predicted octanol–water partition coefficient (Wildman–Crippen LogP) is -0.889. The van der Waals surface area contributed by atoms with Gasteiger partial charge in [0.15, 0.2) is 0 Å². The van der Waals surface area contributed by atoms with Gasteiger partial charge in [0.05, 0.1) is 0 Å². The third-order valence-electron chi connectivity index (χ3n) is 0. The molecule has 0 aromatic rings. The van der Waals surface area contributed by atoms with Crippen molar-refractivity contribution in [3.63, 3.8) is 0 Å². The van der Waals surface area contributed by atoms with Crippen molar-refractivity contribution in [2.75, 3.05) is 0 Å². The molecule has 0 unspecified atom stereocenters. The molecule has 0 atom stereocenters. The third kappa shape index (κ3) is 13.2. The van der Waals surface area contributed by atoms with E-state index in [4.69, 9.17) is 7.05 Å². The van der Waals surface area contributed by atoms with Gasteiger partial charge < -0.3 is 0 Å². The van der Waals surface area contributed by atoms with Gasteiger partial charge in [-0.3, -0.25) is 0 Å². The fourth-order valence-electron chi connectivity index (χ4n) is 0. The third-order valence-corrected chi connectivity index (χ3v) is 0. The fraction of sp³-hybridized carbons (Fsp3) is 0. The van der Waals surface area contributed by atoms with Crippen LogP contribution in [0.2, 0.25) is 0 Å². The molecule has 0 fully saturated rings. The first-order chi connectivity index (χ1) is 2.00. The van der Waals surface area contributed by atoms with E-state index < -0.39 is 0 Å². The van der Waals surface area contributed by atoms with Crippen molar-refractivity contribution >= 4 is 16.2 Å². The summed E-state index contributed by atoms with van der Waals surface area (Å²) in [6, 6.07) is 0. The van der Waals surface area contributed by atoms with Crippen molar-refractivity contribution in [3.8, 4) is 0 Å². The Hall–Kier alpha value is 0.873. The van der Waals surface area contributed by atoms with Gasteiger partial charge in [-0.15, -0.1) is 0 Å². The van der Waals surface area contributed by atoms with E-state index in [2.05, 4.69) is 0 Å². The summed E-state index contributed by atoms with van der Waals surface area (Å²) in [6.07, 6.45) is 0. The van der Waals surface area contributed by atoms with Crippen LogP contribution in [0.5, 0.6) is 0 Å². The molecule has 0 heterocycles. The zero-order valence-electron chi connectivity index (χ0n) is 1.97. The van der Waals surface area contributed by atoms with E-state index in [0.717, 1.165) is 0 Å². The summed E-state index contributed by atoms with van der Waals surface area (Å²) in [5, 5.41) is 0. The average Bonchev–Trinajstić information content (AvgIpc) is 1.50. The van der Waals surface area contributed by atoms with E-state index in [9.17, 15) is 0 Å². The molecule has 0 amide bonds. The molecule has 21 valence electrons. The molecule has 0 radical (unpaired) electrons. The van der Waals surface area contributed by atoms with Gasteiger partial charge in [-0.2, -0.15) is 0 Å². The fourth-order valence-corrected chi connectivity index (χ4v) is 0. The summed E-state index contributed by atoms with van der Waals surface area (Å²) in [4.78, 5) is 0. The van der Waals surface area contributed by atoms with Crippen LogP contribution in [-0.4, -0.2) is 16.2 Å². The van der Waals surface area contributed by atoms with Gasteiger partial charge in [0, 0.05) is 0 Å². The molecule has 2 nitrogen and oxygen atoms in total. The van der Waals surface area contributed by atoms with Gasteiger partial charge in [-0.05, 0) is 0 Å². The van der Waals surface area contributed by atoms with Crippen molar-refractivity contribution < 1.29 is 28.1 Å². The van der Waals surface area contributed by atoms with E-state index in [1.54, 1.807) is 0 Å². The van der Waals surface area contributed by atoms with Crippen molar-refractivity contribution in [1.29, 1.82) is 0 Å². The van der Waals surface area contributed by atoms with E-state index in [1.807, 2.05) is 0 Å². The van der Waals surface area contributed by atoms with Crippen LogP contribution in [0, 0.1) is 0 Å². The number of hydrogen-bond acceptors (Lipinski definition) is 2. The van der Waals surface area contributed by atoms with Crippen LogP contribution in [0.3, 0.4) is 0 Å². The molecule has 0 N–H and O–H groups in total. The monoisotopic (exact) mass is 241 g/mol. The zero-order valence-corrected chi connectivity index (χ0v) is 6.60. The van der Waals surface area contributed by atoms with E-state index in [0.29, 0.717) is 16.2 Å². The molecule has 0 aliphatic rings. The Labute approximate surface area is 44.5 Å². The maximum atomic E-state index is 8.36. The number of rotatable bonds is 0. The van der Waals surface area contributed by atoms with Gasteiger partial charge >= 0.3 is 44.3 Å². The standard InChI is InChI=1S/Al.2O.Ta.H. The second-order valence-corrected chi connectivity index (χ2v) is 0. The summed E-state index contributed by atoms with van der Waals surface area (Å²) in [6.45, 7) is 0. The molecular weight excluding hydrogens is 240 g/mol. The molecule has 0 saturated heterocycles. The van der Waals surface area contributed by atoms with Crippen LogP contribution in [0.15, 0.2) is 0 Å². The molecule has 0 aromatic heterocycles. The Morgan fingerprint density at radius 1 is 1.25 bits per heavy atom. The summed E-state index contributed by atoms with van der Waals surface area (Å²) < 4.78 is 16.6. The Morgan fingerprint density at radius 2 is 1.25 bits per heavy atom. The SMILES string of the molecule is [O]=[AlH].[O]=[Ta]. The van der Waals surface area contributed by atoms with Gasteiger partial charge in [0.1, 0.15) is 0 Å². The van der Waals surface area contributed by atoms with Crippen LogP contribution in [0.25, 0.3) is 0 Å². The van der Waals surface area contributed by atoms with Gasteiger partial charge in [0.25, 0.3) is 0 Å². The summed E-state index contributed by atoms with van der Waals surface area (Å²) >= 11 is 0.806. The normalized spacial score (nSPS) is 1.50. The van der Waals surface area contributed by atoms with Gasteiger partial charge in [0.2, 0.25) is 0 Å². The van der Waals surface area contributed by atoms with Crippen LogP contribution >= 0.6 is 0 Å². The topological polar surface area (TPSA) is 34.1 Å². The Bertz CT molecular complexity index is 8.00. The second-order valence-electron chi connectivity index (χ2n) is 0. The van der Waals surface area contributed by atoms with Crippen molar-refractivity contribution in [2.45, 2.75) is 0 Å². The molecule has 0 rings (SSSR count). The quantitative estimate of drug-likeness (QED) is 0.515. The molecule has 0 saturated carbocycles. The van der Waals surface area contributed by atoms with Gasteiger partial charge in [-0.25, -0.2) is 0 Å². The minimum atomic E-state index is 0.194. The molecule has 0 aromatic carbocycles. The van der Waals surface area contributed by atoms with Crippen LogP contribution in [-0.2, 0) is 28.1 Å². The first-order valence-electron chi connectivity index (χ1n) is 0.471. The first kappa shape index (κ1) is 8.86. The predicted molar refractivity (Wildman–Crippen MR) is 8.52 cm³/mol. The van der Waals surface area contributed by atoms with E-state index >= 15 is 0 Å². The maximum absolute atomic E-state index is 8.36. The van der Waals surface area contributed by atoms with Crippen molar-refractivity contribution in [3.05, 3.63) is 0 Å². The van der Waals surface area contributed by atoms with Crippen molar-refractivity contribution in [2.24, 2.45) is 0 Å². The van der Waals surface area contributed by atoms with Gasteiger partial charge in [-0.1, -0.05) is 0 Å². The first-order valence-corrected chi connectivity index (χ1v) is 2.36. The summed E-state index contributed by atoms with van der Waals surface area (Å²) in [7, 11) is 0. The van der Waals surface area contributed by atoms with Crippen molar-refractivity contribution in [1.82, 2.24) is 0 Å². The van der Waals surface area contributed by atoms with Crippen LogP contribution in [0.4, 0.5) is 0 Å². The Morgan fingerprint density at radius 3 is 1.25 bits per heavy atom. The van der Waals surface area contributed by atoms with E-state index in [1.165, 1.54) is 0 Å². The molecule has 4 heavy (non-hydrogen) atoms. The van der Waals surface area contributed by atoms with Crippen LogP contribution in [0.1, 0.15) is 0 Å². The Kier molecular flexibility index (Phi) is 92.9. The molecular formula is HAlO2Ta. The second kappa shape index (κ2) is 42.0. The summed E-state index contributed by atoms with van der Waals surface area (Å²) in [5.74, 6) is 0. The van der Waals surface area contributed by atoms with Crippen LogP contribution < -0.4 is 0 Å². The molecule has 0 bridgehead atoms. The Balaban J connectivity index is 0. The van der Waals surface area contributed by atoms with E-state index in [-0.39, 0.29) is 21.0 Å². The number of hydrogen-bond donors (Lipinski definition) is 0. The molecule has 0 spiro atoms. The minimum absolute atomic E-state index is 0.194. The summed E-state index contributed by atoms with van der Waals surface area (Å²) in [5.41, 5.74) is 0. The molecule has 0 aliphatic heterocycles. The average molecular weight is 241 g/mol.